The molecule has 1 heterocycles. The van der Waals surface area contributed by atoms with Gasteiger partial charge in [-0.3, -0.25) is 4.79 Å². The SMILES string of the molecule is CCC(Br)C(=O)NCCCOCc1ccco1. The van der Waals surface area contributed by atoms with Crippen LogP contribution in [0.3, 0.4) is 0 Å². The zero-order chi connectivity index (χ0) is 12.5. The molecule has 5 heteroatoms. The number of rotatable bonds is 8. The van der Waals surface area contributed by atoms with E-state index in [2.05, 4.69) is 21.2 Å². The molecule has 0 aliphatic carbocycles. The Hall–Kier alpha value is -0.810. The molecular formula is C12H18BrNO3. The largest absolute Gasteiger partial charge is 0.467 e. The Balaban J connectivity index is 1.96. The average Bonchev–Trinajstić information content (AvgIpc) is 2.85. The minimum absolute atomic E-state index is 0.0403. The van der Waals surface area contributed by atoms with E-state index in [1.165, 1.54) is 0 Å². The van der Waals surface area contributed by atoms with Crippen molar-refractivity contribution in [2.75, 3.05) is 13.2 Å². The number of hydrogen-bond acceptors (Lipinski definition) is 3. The maximum absolute atomic E-state index is 11.4. The van der Waals surface area contributed by atoms with Crippen LogP contribution in [0.1, 0.15) is 25.5 Å². The van der Waals surface area contributed by atoms with E-state index in [0.29, 0.717) is 19.8 Å². The molecule has 1 atom stereocenters. The zero-order valence-corrected chi connectivity index (χ0v) is 11.5. The summed E-state index contributed by atoms with van der Waals surface area (Å²) < 4.78 is 10.5. The molecule has 1 aromatic rings. The van der Waals surface area contributed by atoms with Crippen LogP contribution in [0.5, 0.6) is 0 Å². The van der Waals surface area contributed by atoms with Gasteiger partial charge in [-0.25, -0.2) is 0 Å². The predicted octanol–water partition coefficient (Wildman–Crippen LogP) is 2.48. The summed E-state index contributed by atoms with van der Waals surface area (Å²) in [5.41, 5.74) is 0. The molecule has 1 aromatic heterocycles. The number of alkyl halides is 1. The van der Waals surface area contributed by atoms with Crippen LogP contribution >= 0.6 is 15.9 Å². The van der Waals surface area contributed by atoms with Crippen LogP contribution in [0.25, 0.3) is 0 Å². The second-order valence-electron chi connectivity index (χ2n) is 3.65. The molecule has 96 valence electrons. The summed E-state index contributed by atoms with van der Waals surface area (Å²) in [6, 6.07) is 3.71. The smallest absolute Gasteiger partial charge is 0.233 e. The van der Waals surface area contributed by atoms with Crippen LogP contribution in [0.4, 0.5) is 0 Å². The summed E-state index contributed by atoms with van der Waals surface area (Å²) in [6.45, 7) is 3.70. The Labute approximate surface area is 110 Å². The number of hydrogen-bond donors (Lipinski definition) is 1. The topological polar surface area (TPSA) is 51.5 Å². The maximum Gasteiger partial charge on any atom is 0.233 e. The quantitative estimate of drug-likeness (QED) is 0.593. The lowest BCUT2D eigenvalue weighted by Crippen LogP contribution is -2.31. The van der Waals surface area contributed by atoms with E-state index in [9.17, 15) is 4.79 Å². The van der Waals surface area contributed by atoms with Gasteiger partial charge in [0.25, 0.3) is 0 Å². The Morgan fingerprint density at radius 1 is 1.65 bits per heavy atom. The highest BCUT2D eigenvalue weighted by molar-refractivity contribution is 9.10. The van der Waals surface area contributed by atoms with Crippen LogP contribution < -0.4 is 5.32 Å². The van der Waals surface area contributed by atoms with Crippen molar-refractivity contribution in [3.63, 3.8) is 0 Å². The lowest BCUT2D eigenvalue weighted by molar-refractivity contribution is -0.120. The van der Waals surface area contributed by atoms with Crippen LogP contribution in [0.2, 0.25) is 0 Å². The highest BCUT2D eigenvalue weighted by Gasteiger charge is 2.10. The molecule has 0 aliphatic heterocycles. The van der Waals surface area contributed by atoms with E-state index in [-0.39, 0.29) is 10.7 Å². The normalized spacial score (nSPS) is 12.4. The first-order chi connectivity index (χ1) is 8.24. The van der Waals surface area contributed by atoms with E-state index in [1.807, 2.05) is 19.1 Å². The minimum Gasteiger partial charge on any atom is -0.467 e. The Bertz CT molecular complexity index is 314. The van der Waals surface area contributed by atoms with Crippen molar-refractivity contribution in [2.24, 2.45) is 0 Å². The van der Waals surface area contributed by atoms with Crippen molar-refractivity contribution in [3.05, 3.63) is 24.2 Å². The van der Waals surface area contributed by atoms with Crippen molar-refractivity contribution in [2.45, 2.75) is 31.2 Å². The molecule has 0 radical (unpaired) electrons. The van der Waals surface area contributed by atoms with Crippen LogP contribution in [0, 0.1) is 0 Å². The predicted molar refractivity (Wildman–Crippen MR) is 69.0 cm³/mol. The van der Waals surface area contributed by atoms with Gasteiger partial charge in [0.2, 0.25) is 5.91 Å². The van der Waals surface area contributed by atoms with Gasteiger partial charge < -0.3 is 14.5 Å². The number of ether oxygens (including phenoxy) is 1. The summed E-state index contributed by atoms with van der Waals surface area (Å²) in [4.78, 5) is 11.3. The van der Waals surface area contributed by atoms with Crippen molar-refractivity contribution in [3.8, 4) is 0 Å². The lowest BCUT2D eigenvalue weighted by atomic mass is 10.3. The summed E-state index contributed by atoms with van der Waals surface area (Å²) in [7, 11) is 0. The number of halogens is 1. The summed E-state index contributed by atoms with van der Waals surface area (Å²) in [6.07, 6.45) is 3.22. The van der Waals surface area contributed by atoms with Crippen molar-refractivity contribution < 1.29 is 13.9 Å². The third kappa shape index (κ3) is 5.89. The second kappa shape index (κ2) is 8.31. The number of amides is 1. The van der Waals surface area contributed by atoms with Crippen LogP contribution in [-0.2, 0) is 16.1 Å². The van der Waals surface area contributed by atoms with Gasteiger partial charge in [-0.2, -0.15) is 0 Å². The first kappa shape index (κ1) is 14.3. The van der Waals surface area contributed by atoms with Gasteiger partial charge in [0.15, 0.2) is 0 Å². The summed E-state index contributed by atoms with van der Waals surface area (Å²) in [5.74, 6) is 0.860. The highest BCUT2D eigenvalue weighted by atomic mass is 79.9. The number of nitrogens with one attached hydrogen (secondary N) is 1. The molecule has 1 rings (SSSR count). The van der Waals surface area contributed by atoms with Crippen molar-refractivity contribution >= 4 is 21.8 Å². The highest BCUT2D eigenvalue weighted by Crippen LogP contribution is 2.04. The van der Waals surface area contributed by atoms with Gasteiger partial charge in [0.1, 0.15) is 12.4 Å². The molecule has 0 saturated carbocycles. The van der Waals surface area contributed by atoms with E-state index < -0.39 is 0 Å². The number of carbonyl (C=O) groups excluding carboxylic acids is 1. The number of carbonyl (C=O) groups is 1. The molecule has 0 aromatic carbocycles. The average molecular weight is 304 g/mol. The molecule has 0 spiro atoms. The van der Waals surface area contributed by atoms with E-state index >= 15 is 0 Å². The van der Waals surface area contributed by atoms with E-state index in [1.54, 1.807) is 6.26 Å². The standard InChI is InChI=1S/C12H18BrNO3/c1-2-11(13)12(15)14-6-4-7-16-9-10-5-3-8-17-10/h3,5,8,11H,2,4,6-7,9H2,1H3,(H,14,15). The molecule has 0 aliphatic rings. The van der Waals surface area contributed by atoms with Crippen LogP contribution in [-0.4, -0.2) is 23.9 Å². The second-order valence-corrected chi connectivity index (χ2v) is 4.76. The first-order valence-electron chi connectivity index (χ1n) is 5.76. The molecule has 0 bridgehead atoms. The Morgan fingerprint density at radius 2 is 2.47 bits per heavy atom. The molecule has 1 amide bonds. The fourth-order valence-electron chi connectivity index (χ4n) is 1.25. The fourth-order valence-corrected chi connectivity index (χ4v) is 1.41. The van der Waals surface area contributed by atoms with Gasteiger partial charge in [-0.15, -0.1) is 0 Å². The zero-order valence-electron chi connectivity index (χ0n) is 9.95. The third-order valence-corrected chi connectivity index (χ3v) is 3.30. The molecule has 1 N–H and O–H groups in total. The first-order valence-corrected chi connectivity index (χ1v) is 6.67. The number of furan rings is 1. The van der Waals surface area contributed by atoms with Crippen molar-refractivity contribution in [1.82, 2.24) is 5.32 Å². The van der Waals surface area contributed by atoms with Crippen LogP contribution in [0.15, 0.2) is 22.8 Å². The van der Waals surface area contributed by atoms with Crippen molar-refractivity contribution in [1.29, 1.82) is 0 Å². The van der Waals surface area contributed by atoms with Gasteiger partial charge in [0, 0.05) is 13.2 Å². The molecular weight excluding hydrogens is 286 g/mol. The molecule has 17 heavy (non-hydrogen) atoms. The van der Waals surface area contributed by atoms with E-state index in [4.69, 9.17) is 9.15 Å². The Kier molecular flexibility index (Phi) is 6.96. The lowest BCUT2D eigenvalue weighted by Gasteiger charge is -2.08. The molecule has 0 fully saturated rings. The third-order valence-electron chi connectivity index (χ3n) is 2.23. The molecule has 0 saturated heterocycles. The summed E-state index contributed by atoms with van der Waals surface area (Å²) >= 11 is 3.30. The van der Waals surface area contributed by atoms with E-state index in [0.717, 1.165) is 18.6 Å². The monoisotopic (exact) mass is 303 g/mol. The van der Waals surface area contributed by atoms with Gasteiger partial charge in [0.05, 0.1) is 11.1 Å². The van der Waals surface area contributed by atoms with Gasteiger partial charge in [-0.1, -0.05) is 22.9 Å². The fraction of sp³-hybridized carbons (Fsp3) is 0.583. The van der Waals surface area contributed by atoms with Gasteiger partial charge >= 0.3 is 0 Å². The molecule has 4 nitrogen and oxygen atoms in total. The summed E-state index contributed by atoms with van der Waals surface area (Å²) in [5, 5.41) is 2.84. The van der Waals surface area contributed by atoms with Gasteiger partial charge in [-0.05, 0) is 25.0 Å². The molecule has 1 unspecified atom stereocenters. The Morgan fingerprint density at radius 3 is 3.12 bits per heavy atom. The maximum atomic E-state index is 11.4. The minimum atomic E-state index is -0.0912.